The maximum absolute atomic E-state index is 14.0. The Morgan fingerprint density at radius 2 is 1.69 bits per heavy atom. The maximum Gasteiger partial charge on any atom is 0.270 e. The first-order chi connectivity index (χ1) is 18.7. The molecule has 2 aromatic carbocycles. The molecule has 3 saturated heterocycles. The van der Waals surface area contributed by atoms with Gasteiger partial charge in [-0.2, -0.15) is 0 Å². The van der Waals surface area contributed by atoms with Crippen LogP contribution < -0.4 is 4.90 Å². The minimum Gasteiger partial charge on any atom is -0.341 e. The van der Waals surface area contributed by atoms with Crippen molar-refractivity contribution in [1.82, 2.24) is 14.7 Å². The zero-order valence-corrected chi connectivity index (χ0v) is 22.7. The Morgan fingerprint density at radius 3 is 2.31 bits per heavy atom. The van der Waals surface area contributed by atoms with Crippen molar-refractivity contribution in [3.05, 3.63) is 69.2 Å². The predicted molar refractivity (Wildman–Crippen MR) is 146 cm³/mol. The Balaban J connectivity index is 1.33. The summed E-state index contributed by atoms with van der Waals surface area (Å²) in [6, 6.07) is 13.5. The van der Waals surface area contributed by atoms with Crippen LogP contribution in [0.1, 0.15) is 43.0 Å². The Hall–Kier alpha value is -3.66. The van der Waals surface area contributed by atoms with Gasteiger partial charge in [0.25, 0.3) is 17.5 Å². The van der Waals surface area contributed by atoms with Gasteiger partial charge in [-0.15, -0.1) is 0 Å². The van der Waals surface area contributed by atoms with Crippen molar-refractivity contribution in [1.29, 1.82) is 0 Å². The van der Waals surface area contributed by atoms with Crippen LogP contribution in [0.2, 0.25) is 5.02 Å². The summed E-state index contributed by atoms with van der Waals surface area (Å²) in [5, 5.41) is 11.1. The second-order valence-electron chi connectivity index (χ2n) is 10.7. The molecule has 0 aliphatic carbocycles. The number of non-ortho nitro benzene ring substituents is 1. The lowest BCUT2D eigenvalue weighted by Gasteiger charge is -2.43. The topological polar surface area (TPSA) is 107 Å². The molecule has 5 rings (SSSR count). The molecule has 3 amide bonds. The third-order valence-electron chi connectivity index (χ3n) is 8.32. The van der Waals surface area contributed by atoms with Crippen molar-refractivity contribution < 1.29 is 19.3 Å². The third-order valence-corrected chi connectivity index (χ3v) is 8.63. The molecule has 39 heavy (non-hydrogen) atoms. The van der Waals surface area contributed by atoms with Crippen molar-refractivity contribution in [2.45, 2.75) is 38.1 Å². The number of likely N-dealkylation sites (tertiary alicyclic amines) is 2. The minimum atomic E-state index is -0.867. The van der Waals surface area contributed by atoms with E-state index in [1.165, 1.54) is 18.2 Å². The van der Waals surface area contributed by atoms with Crippen molar-refractivity contribution >= 4 is 40.7 Å². The summed E-state index contributed by atoms with van der Waals surface area (Å²) in [4.78, 5) is 58.0. The number of carbonyl (C=O) groups is 3. The van der Waals surface area contributed by atoms with E-state index in [1.807, 2.05) is 35.2 Å². The second kappa shape index (κ2) is 10.8. The first-order valence-electron chi connectivity index (χ1n) is 13.3. The molecule has 0 radical (unpaired) electrons. The number of carbonyl (C=O) groups excluding carboxylic acids is 3. The molecule has 1 spiro atoms. The zero-order chi connectivity index (χ0) is 27.7. The van der Waals surface area contributed by atoms with E-state index in [4.69, 9.17) is 11.6 Å². The summed E-state index contributed by atoms with van der Waals surface area (Å²) in [6.45, 7) is 4.61. The Bertz CT molecular complexity index is 1270. The van der Waals surface area contributed by atoms with Gasteiger partial charge in [-0.25, -0.2) is 0 Å². The lowest BCUT2D eigenvalue weighted by atomic mass is 9.85. The first kappa shape index (κ1) is 26.9. The molecular formula is C28H32ClN5O5. The third kappa shape index (κ3) is 5.17. The summed E-state index contributed by atoms with van der Waals surface area (Å²) >= 11 is 6.22. The number of anilines is 1. The van der Waals surface area contributed by atoms with Gasteiger partial charge in [0, 0.05) is 44.0 Å². The Kier molecular flexibility index (Phi) is 7.48. The minimum absolute atomic E-state index is 0.0223. The van der Waals surface area contributed by atoms with Gasteiger partial charge in [0.2, 0.25) is 5.91 Å². The molecule has 10 nitrogen and oxygen atoms in total. The van der Waals surface area contributed by atoms with E-state index in [9.17, 15) is 24.5 Å². The quantitative estimate of drug-likeness (QED) is 0.412. The number of nitro benzene ring substituents is 1. The number of nitro groups is 1. The summed E-state index contributed by atoms with van der Waals surface area (Å²) in [5.74, 6) is 0.159. The highest BCUT2D eigenvalue weighted by molar-refractivity contribution is 6.34. The molecule has 0 saturated carbocycles. The SMILES string of the molecule is CC1CCN(C(=O)CN2CN(c3ccccc3)C3(CCN(C(=O)c4ccc([N+](=O)[O-])cc4Cl)CC3)C2=O)CC1. The number of para-hydroxylation sites is 1. The highest BCUT2D eigenvalue weighted by Gasteiger charge is 2.54. The molecule has 2 aromatic rings. The highest BCUT2D eigenvalue weighted by atomic mass is 35.5. The summed E-state index contributed by atoms with van der Waals surface area (Å²) in [6.07, 6.45) is 2.73. The molecule has 0 bridgehead atoms. The molecule has 3 fully saturated rings. The van der Waals surface area contributed by atoms with Crippen molar-refractivity contribution in [2.75, 3.05) is 44.3 Å². The molecule has 206 valence electrons. The van der Waals surface area contributed by atoms with Crippen LogP contribution in [-0.2, 0) is 9.59 Å². The maximum atomic E-state index is 14.0. The second-order valence-corrected chi connectivity index (χ2v) is 11.1. The number of rotatable bonds is 5. The van der Waals surface area contributed by atoms with Gasteiger partial charge in [-0.05, 0) is 49.8 Å². The van der Waals surface area contributed by atoms with E-state index in [-0.39, 0.29) is 40.5 Å². The van der Waals surface area contributed by atoms with Gasteiger partial charge in [0.15, 0.2) is 0 Å². The summed E-state index contributed by atoms with van der Waals surface area (Å²) in [7, 11) is 0. The molecular weight excluding hydrogens is 522 g/mol. The van der Waals surface area contributed by atoms with E-state index >= 15 is 0 Å². The van der Waals surface area contributed by atoms with Crippen LogP contribution in [0.4, 0.5) is 11.4 Å². The van der Waals surface area contributed by atoms with Crippen molar-refractivity contribution in [3.8, 4) is 0 Å². The van der Waals surface area contributed by atoms with Gasteiger partial charge in [0.1, 0.15) is 12.1 Å². The Morgan fingerprint density at radius 1 is 1.03 bits per heavy atom. The van der Waals surface area contributed by atoms with E-state index in [0.29, 0.717) is 38.5 Å². The molecule has 3 aliphatic rings. The molecule has 11 heteroatoms. The van der Waals surface area contributed by atoms with Gasteiger partial charge in [0.05, 0.1) is 22.2 Å². The molecule has 3 aliphatic heterocycles. The number of halogens is 1. The largest absolute Gasteiger partial charge is 0.341 e. The smallest absolute Gasteiger partial charge is 0.270 e. The molecule has 0 atom stereocenters. The average Bonchev–Trinajstić information content (AvgIpc) is 3.20. The number of amides is 3. The average molecular weight is 554 g/mol. The zero-order valence-electron chi connectivity index (χ0n) is 21.9. The van der Waals surface area contributed by atoms with Crippen LogP contribution >= 0.6 is 11.6 Å². The van der Waals surface area contributed by atoms with E-state index in [1.54, 1.807) is 9.80 Å². The summed E-state index contributed by atoms with van der Waals surface area (Å²) in [5.41, 5.74) is 0.0383. The standard InChI is InChI=1S/C28H32ClN5O5/c1-20-9-13-30(14-10-20)25(35)18-32-19-33(21-5-3-2-4-6-21)28(27(32)37)11-15-31(16-12-28)26(36)23-8-7-22(34(38)39)17-24(23)29/h2-8,17,20H,9-16,18-19H2,1H3. The molecule has 0 aromatic heterocycles. The normalized spacial score (nSPS) is 19.6. The Labute approximate surface area is 232 Å². The number of hydrogen-bond donors (Lipinski definition) is 0. The van der Waals surface area contributed by atoms with Gasteiger partial charge >= 0.3 is 0 Å². The number of benzene rings is 2. The predicted octanol–water partition coefficient (Wildman–Crippen LogP) is 3.79. The molecule has 0 unspecified atom stereocenters. The van der Waals surface area contributed by atoms with E-state index in [0.717, 1.165) is 31.6 Å². The van der Waals surface area contributed by atoms with E-state index in [2.05, 4.69) is 11.8 Å². The molecule has 0 N–H and O–H groups in total. The fourth-order valence-electron chi connectivity index (χ4n) is 5.88. The van der Waals surface area contributed by atoms with Crippen LogP contribution in [0.5, 0.6) is 0 Å². The van der Waals surface area contributed by atoms with Gasteiger partial charge in [-0.3, -0.25) is 24.5 Å². The lowest BCUT2D eigenvalue weighted by molar-refractivity contribution is -0.384. The van der Waals surface area contributed by atoms with Crippen LogP contribution in [0.25, 0.3) is 0 Å². The van der Waals surface area contributed by atoms with Crippen molar-refractivity contribution in [2.24, 2.45) is 5.92 Å². The van der Waals surface area contributed by atoms with Crippen LogP contribution in [-0.4, -0.2) is 82.3 Å². The van der Waals surface area contributed by atoms with Gasteiger partial charge in [-0.1, -0.05) is 36.7 Å². The fraction of sp³-hybridized carbons (Fsp3) is 0.464. The van der Waals surface area contributed by atoms with Crippen LogP contribution in [0.3, 0.4) is 0 Å². The highest BCUT2D eigenvalue weighted by Crippen LogP contribution is 2.40. The van der Waals surface area contributed by atoms with Crippen molar-refractivity contribution in [3.63, 3.8) is 0 Å². The van der Waals surface area contributed by atoms with Gasteiger partial charge < -0.3 is 19.6 Å². The van der Waals surface area contributed by atoms with E-state index < -0.39 is 10.5 Å². The number of nitrogens with zero attached hydrogens (tertiary/aromatic N) is 5. The molecule has 3 heterocycles. The number of piperidine rings is 2. The van der Waals surface area contributed by atoms with Crippen LogP contribution in [0.15, 0.2) is 48.5 Å². The first-order valence-corrected chi connectivity index (χ1v) is 13.7. The monoisotopic (exact) mass is 553 g/mol. The number of hydrogen-bond acceptors (Lipinski definition) is 6. The van der Waals surface area contributed by atoms with Crippen LogP contribution in [0, 0.1) is 16.0 Å². The fourth-order valence-corrected chi connectivity index (χ4v) is 6.14. The summed E-state index contributed by atoms with van der Waals surface area (Å²) < 4.78 is 0. The lowest BCUT2D eigenvalue weighted by Crippen LogP contribution is -2.57.